The number of allylic oxidation sites excluding steroid dienone is 2. The first-order valence-corrected chi connectivity index (χ1v) is 28.5. The van der Waals surface area contributed by atoms with Crippen molar-refractivity contribution in [2.45, 2.75) is 149 Å². The summed E-state index contributed by atoms with van der Waals surface area (Å²) in [6.07, 6.45) is 11.7. The van der Waals surface area contributed by atoms with Crippen molar-refractivity contribution in [2.75, 3.05) is 21.3 Å². The fraction of sp³-hybridized carbons (Fsp3) is 0.794. The van der Waals surface area contributed by atoms with E-state index in [1.807, 2.05) is 6.26 Å². The molecule has 0 amide bonds. The van der Waals surface area contributed by atoms with Crippen LogP contribution in [0.5, 0.6) is 0 Å². The molecule has 1 aromatic rings. The van der Waals surface area contributed by atoms with Crippen molar-refractivity contribution in [1.82, 2.24) is 4.98 Å². The van der Waals surface area contributed by atoms with Crippen LogP contribution in [0, 0.1) is 0 Å². The van der Waals surface area contributed by atoms with Gasteiger partial charge in [-0.3, -0.25) is 0 Å². The van der Waals surface area contributed by atoms with E-state index in [0.717, 1.165) is 22.1 Å². The predicted molar refractivity (Wildman–Crippen MR) is 182 cm³/mol. The van der Waals surface area contributed by atoms with Crippen molar-refractivity contribution in [2.24, 2.45) is 0 Å². The summed E-state index contributed by atoms with van der Waals surface area (Å²) in [7, 11) is 3.00. The first-order chi connectivity index (χ1) is 20.1. The normalized spacial score (nSPS) is 24.1. The van der Waals surface area contributed by atoms with E-state index in [1.165, 1.54) is 0 Å². The molecule has 1 unspecified atom stereocenters. The van der Waals surface area contributed by atoms with Gasteiger partial charge in [-0.15, -0.1) is 0 Å². The summed E-state index contributed by atoms with van der Waals surface area (Å²) in [5, 5.41) is 0. The van der Waals surface area contributed by atoms with E-state index in [4.69, 9.17) is 32.8 Å². The predicted octanol–water partition coefficient (Wildman–Crippen LogP) is 8.18. The Morgan fingerprint density at radius 1 is 1.09 bits per heavy atom. The molecular formula is C34H63NO6SiSn. The second-order valence-corrected chi connectivity index (χ2v) is 34.1. The van der Waals surface area contributed by atoms with Crippen molar-refractivity contribution in [3.8, 4) is 0 Å². The van der Waals surface area contributed by atoms with E-state index >= 15 is 0 Å². The molecule has 1 saturated heterocycles. The number of methoxy groups -OCH3 is 3. The summed E-state index contributed by atoms with van der Waals surface area (Å²) >= 11 is -2.39. The van der Waals surface area contributed by atoms with E-state index in [2.05, 4.69) is 88.4 Å². The number of ether oxygens (including phenoxy) is 4. The van der Waals surface area contributed by atoms with Crippen LogP contribution in [0.3, 0.4) is 0 Å². The van der Waals surface area contributed by atoms with Gasteiger partial charge in [-0.2, -0.15) is 0 Å². The Morgan fingerprint density at radius 3 is 2.19 bits per heavy atom. The van der Waals surface area contributed by atoms with E-state index in [-0.39, 0.29) is 24.4 Å². The van der Waals surface area contributed by atoms with Crippen LogP contribution >= 0.6 is 0 Å². The van der Waals surface area contributed by atoms with Crippen LogP contribution in [0.1, 0.15) is 87.0 Å². The maximum atomic E-state index is 7.47. The molecule has 43 heavy (non-hydrogen) atoms. The fourth-order valence-electron chi connectivity index (χ4n) is 6.74. The Kier molecular flexibility index (Phi) is 15.2. The van der Waals surface area contributed by atoms with E-state index in [9.17, 15) is 0 Å². The van der Waals surface area contributed by atoms with Crippen LogP contribution in [0.4, 0.5) is 0 Å². The van der Waals surface area contributed by atoms with E-state index in [1.54, 1.807) is 21.3 Å². The molecule has 2 rings (SSSR count). The van der Waals surface area contributed by atoms with Crippen LogP contribution < -0.4 is 3.71 Å². The first-order valence-electron chi connectivity index (χ1n) is 16.3. The molecule has 1 aliphatic heterocycles. The molecule has 0 radical (unpaired) electrons. The molecule has 0 spiro atoms. The maximum Gasteiger partial charge on any atom is 0.0363 e. The molecule has 2 heterocycles. The van der Waals surface area contributed by atoms with Gasteiger partial charge >= 0.3 is 232 Å². The number of nitrogens with zero attached hydrogens (tertiary/aromatic N) is 1. The number of oxazole rings is 1. The Bertz CT molecular complexity index is 1010. The second-order valence-electron chi connectivity index (χ2n) is 14.4. The topological polar surface area (TPSA) is 72.2 Å². The minimum Gasteiger partial charge on any atom is -0.377 e. The van der Waals surface area contributed by atoms with Gasteiger partial charge in [0.15, 0.2) is 0 Å². The van der Waals surface area contributed by atoms with Crippen molar-refractivity contribution < 1.29 is 27.8 Å². The van der Waals surface area contributed by atoms with Gasteiger partial charge in [0.1, 0.15) is 0 Å². The molecule has 0 aromatic carbocycles. The van der Waals surface area contributed by atoms with Gasteiger partial charge in [-0.25, -0.2) is 0 Å². The van der Waals surface area contributed by atoms with Gasteiger partial charge in [0.05, 0.1) is 6.10 Å². The molecule has 9 heteroatoms. The smallest absolute Gasteiger partial charge is 0.0363 e. The summed E-state index contributed by atoms with van der Waals surface area (Å²) in [6, 6.07) is 0. The first kappa shape index (κ1) is 38.7. The van der Waals surface area contributed by atoms with Crippen molar-refractivity contribution in [3.63, 3.8) is 0 Å². The monoisotopic (exact) mass is 729 g/mol. The molecule has 1 aliphatic rings. The maximum absolute atomic E-state index is 7.47. The third-order valence-corrected chi connectivity index (χ3v) is 20.3. The number of rotatable bonds is 17. The Morgan fingerprint density at radius 2 is 1.72 bits per heavy atom. The van der Waals surface area contributed by atoms with Gasteiger partial charge < -0.3 is 4.74 Å². The Labute approximate surface area is 268 Å². The summed E-state index contributed by atoms with van der Waals surface area (Å²) in [5.41, 5.74) is 2.43. The molecule has 0 saturated carbocycles. The fourth-order valence-corrected chi connectivity index (χ4v) is 14.7. The van der Waals surface area contributed by atoms with Gasteiger partial charge in [-0.1, -0.05) is 13.3 Å². The molecule has 7 nitrogen and oxygen atoms in total. The van der Waals surface area contributed by atoms with Crippen molar-refractivity contribution in [3.05, 3.63) is 36.0 Å². The van der Waals surface area contributed by atoms with Crippen LogP contribution in [0.2, 0.25) is 31.4 Å². The summed E-state index contributed by atoms with van der Waals surface area (Å²) < 4.78 is 39.5. The van der Waals surface area contributed by atoms with Gasteiger partial charge in [0.25, 0.3) is 0 Å². The molecule has 248 valence electrons. The van der Waals surface area contributed by atoms with Crippen LogP contribution in [0.15, 0.2) is 34.5 Å². The zero-order valence-electron chi connectivity index (χ0n) is 29.8. The third-order valence-electron chi connectivity index (χ3n) is 9.14. The molecule has 0 aliphatic carbocycles. The third kappa shape index (κ3) is 10.2. The largest absolute Gasteiger partial charge is 0.377 e. The van der Waals surface area contributed by atoms with E-state index < -0.39 is 32.5 Å². The van der Waals surface area contributed by atoms with Crippen LogP contribution in [0.25, 0.3) is 0 Å². The van der Waals surface area contributed by atoms with E-state index in [0.29, 0.717) is 41.8 Å². The van der Waals surface area contributed by atoms with Crippen LogP contribution in [-0.4, -0.2) is 83.2 Å². The summed E-state index contributed by atoms with van der Waals surface area (Å²) in [6.45, 7) is 18.3. The SMILES string of the molecule is CCC[C@H](/C=C/C(C)=C/C(O[Si](C(C)C)(C(C)C)C(C)C)[C@H]1C[C@@H](OC)C[C@](Cc2n[c]([Sn]([CH3])([CH3])[CH3])co2)(OC)O1)OC. The second kappa shape index (κ2) is 16.9. The summed E-state index contributed by atoms with van der Waals surface area (Å²) in [5.74, 6) is -0.277. The molecule has 1 aromatic heterocycles. The van der Waals surface area contributed by atoms with Gasteiger partial charge in [0, 0.05) is 7.11 Å². The van der Waals surface area contributed by atoms with Crippen molar-refractivity contribution >= 4 is 30.4 Å². The minimum absolute atomic E-state index is 0.0547. The Hall–Kier alpha value is -0.494. The van der Waals surface area contributed by atoms with Crippen molar-refractivity contribution in [1.29, 1.82) is 0 Å². The zero-order chi connectivity index (χ0) is 32.6. The number of hydrogen-bond acceptors (Lipinski definition) is 7. The average Bonchev–Trinajstić information content (AvgIpc) is 3.41. The molecule has 0 bridgehead atoms. The zero-order valence-corrected chi connectivity index (χ0v) is 33.6. The molecule has 5 atom stereocenters. The van der Waals surface area contributed by atoms with Crippen LogP contribution in [-0.2, 0) is 29.8 Å². The quantitative estimate of drug-likeness (QED) is 0.118. The van der Waals surface area contributed by atoms with Gasteiger partial charge in [0.2, 0.25) is 0 Å². The standard InChI is InChI=1S/C31H54NO6Si.3CH3.Sn/c1-12-13-26(33-9)15-14-25(8)18-29(38-39(22(2)3,23(4)5)24(6)7)28-19-27(34-10)20-31(35-11,37-28)21-30-32-16-17-36-30;;;;/h14-15,17-18,22-24,26-29H,12-13,19-21H2,1-11H3;3*1H3;/b15-14+,25-18+;;;;/t26-,27-,28-,29?,31+;;;;/m1..../s1. The molecule has 1 fully saturated rings. The molecule has 0 N–H and O–H groups in total. The van der Waals surface area contributed by atoms with Gasteiger partial charge in [-0.05, 0) is 6.42 Å². The summed E-state index contributed by atoms with van der Waals surface area (Å²) in [4.78, 5) is 11.9. The minimum atomic E-state index is -2.39. The number of hydrogen-bond donors (Lipinski definition) is 0. The Balaban J connectivity index is 2.58. The molecular weight excluding hydrogens is 665 g/mol. The average molecular weight is 729 g/mol. The number of aromatic nitrogens is 1.